The van der Waals surface area contributed by atoms with Crippen LogP contribution in [0.4, 0.5) is 17.6 Å². The first-order valence-corrected chi connectivity index (χ1v) is 10.1. The summed E-state index contributed by atoms with van der Waals surface area (Å²) in [6, 6.07) is 8.68. The van der Waals surface area contributed by atoms with Crippen molar-refractivity contribution in [2.24, 2.45) is 0 Å². The predicted octanol–water partition coefficient (Wildman–Crippen LogP) is 1.89. The normalized spacial score (nSPS) is 11.6. The number of hydrogen-bond acceptors (Lipinski definition) is 5. The number of alkyl halides is 3. The summed E-state index contributed by atoms with van der Waals surface area (Å²) in [6.07, 6.45) is -4.59. The SMILES string of the molecule is CN(C)CCNC(=O)c1nn(-c2ccc(C(F)(F)F)cc2)c(=O)n(Cc2cccc(F)c2)c1=O. The van der Waals surface area contributed by atoms with Crippen molar-refractivity contribution in [3.05, 3.63) is 92.0 Å². The first-order valence-electron chi connectivity index (χ1n) is 10.1. The van der Waals surface area contributed by atoms with Crippen LogP contribution in [0.2, 0.25) is 0 Å². The molecule has 0 aliphatic carbocycles. The van der Waals surface area contributed by atoms with Crippen LogP contribution in [0, 0.1) is 5.82 Å². The van der Waals surface area contributed by atoms with Crippen molar-refractivity contribution in [3.63, 3.8) is 0 Å². The third kappa shape index (κ3) is 5.76. The zero-order valence-electron chi connectivity index (χ0n) is 18.3. The second-order valence-electron chi connectivity index (χ2n) is 7.67. The van der Waals surface area contributed by atoms with Gasteiger partial charge in [0, 0.05) is 13.1 Å². The number of nitrogens with one attached hydrogen (secondary N) is 1. The highest BCUT2D eigenvalue weighted by molar-refractivity contribution is 5.91. The minimum atomic E-state index is -4.59. The van der Waals surface area contributed by atoms with E-state index in [1.165, 1.54) is 18.2 Å². The van der Waals surface area contributed by atoms with Crippen LogP contribution >= 0.6 is 0 Å². The van der Waals surface area contributed by atoms with Gasteiger partial charge in [-0.2, -0.15) is 23.0 Å². The summed E-state index contributed by atoms with van der Waals surface area (Å²) in [5, 5.41) is 6.36. The van der Waals surface area contributed by atoms with Crippen LogP contribution in [0.15, 0.2) is 58.1 Å². The molecule has 12 heteroatoms. The van der Waals surface area contributed by atoms with Gasteiger partial charge in [0.1, 0.15) is 5.82 Å². The zero-order chi connectivity index (χ0) is 25.0. The number of carbonyl (C=O) groups excluding carboxylic acids is 1. The van der Waals surface area contributed by atoms with Gasteiger partial charge in [0.25, 0.3) is 11.5 Å². The fourth-order valence-corrected chi connectivity index (χ4v) is 3.05. The van der Waals surface area contributed by atoms with E-state index in [0.717, 1.165) is 30.3 Å². The van der Waals surface area contributed by atoms with E-state index in [1.54, 1.807) is 19.0 Å². The molecule has 34 heavy (non-hydrogen) atoms. The van der Waals surface area contributed by atoms with E-state index >= 15 is 0 Å². The van der Waals surface area contributed by atoms with E-state index in [1.807, 2.05) is 0 Å². The average molecular weight is 479 g/mol. The first-order chi connectivity index (χ1) is 16.0. The fourth-order valence-electron chi connectivity index (χ4n) is 3.05. The van der Waals surface area contributed by atoms with Gasteiger partial charge in [0.15, 0.2) is 0 Å². The molecular formula is C22H21F4N5O3. The highest BCUT2D eigenvalue weighted by Crippen LogP contribution is 2.29. The van der Waals surface area contributed by atoms with Gasteiger partial charge in [-0.15, -0.1) is 0 Å². The number of nitrogens with zero attached hydrogens (tertiary/aromatic N) is 4. The van der Waals surface area contributed by atoms with Gasteiger partial charge in [-0.05, 0) is 56.1 Å². The summed E-state index contributed by atoms with van der Waals surface area (Å²) in [5.41, 5.74) is -3.41. The number of likely N-dealkylation sites (N-methyl/N-ethyl adjacent to an activating group) is 1. The number of carbonyl (C=O) groups is 1. The van der Waals surface area contributed by atoms with Crippen LogP contribution in [0.3, 0.4) is 0 Å². The minimum absolute atomic E-state index is 0.0895. The van der Waals surface area contributed by atoms with E-state index in [9.17, 15) is 31.9 Å². The third-order valence-electron chi connectivity index (χ3n) is 4.79. The van der Waals surface area contributed by atoms with Gasteiger partial charge in [-0.3, -0.25) is 14.2 Å². The fraction of sp³-hybridized carbons (Fsp3) is 0.273. The molecule has 1 N–H and O–H groups in total. The van der Waals surface area contributed by atoms with Crippen molar-refractivity contribution < 1.29 is 22.4 Å². The highest BCUT2D eigenvalue weighted by atomic mass is 19.4. The third-order valence-corrected chi connectivity index (χ3v) is 4.79. The first kappa shape index (κ1) is 24.8. The van der Waals surface area contributed by atoms with Gasteiger partial charge < -0.3 is 10.2 Å². The molecule has 0 saturated heterocycles. The molecular weight excluding hydrogens is 458 g/mol. The highest BCUT2D eigenvalue weighted by Gasteiger charge is 2.30. The van der Waals surface area contributed by atoms with Crippen LogP contribution in [-0.2, 0) is 12.7 Å². The molecule has 0 unspecified atom stereocenters. The van der Waals surface area contributed by atoms with Crippen molar-refractivity contribution in [2.75, 3.05) is 27.2 Å². The Hall–Kier alpha value is -3.80. The molecule has 0 fully saturated rings. The average Bonchev–Trinajstić information content (AvgIpc) is 2.76. The number of aromatic nitrogens is 3. The maximum Gasteiger partial charge on any atom is 0.416 e. The summed E-state index contributed by atoms with van der Waals surface area (Å²) in [4.78, 5) is 40.5. The van der Waals surface area contributed by atoms with Crippen molar-refractivity contribution >= 4 is 5.91 Å². The Balaban J connectivity index is 2.11. The molecule has 0 atom stereocenters. The Morgan fingerprint density at radius 1 is 1.09 bits per heavy atom. The van der Waals surface area contributed by atoms with Crippen LogP contribution < -0.4 is 16.6 Å². The number of amides is 1. The molecule has 1 heterocycles. The number of benzene rings is 2. The monoisotopic (exact) mass is 479 g/mol. The van der Waals surface area contributed by atoms with Crippen LogP contribution in [0.1, 0.15) is 21.6 Å². The lowest BCUT2D eigenvalue weighted by Gasteiger charge is -2.14. The summed E-state index contributed by atoms with van der Waals surface area (Å²) in [6.45, 7) is 0.259. The van der Waals surface area contributed by atoms with E-state index < -0.39 is 40.4 Å². The van der Waals surface area contributed by atoms with Crippen molar-refractivity contribution in [2.45, 2.75) is 12.7 Å². The molecule has 0 spiro atoms. The molecule has 0 bridgehead atoms. The van der Waals surface area contributed by atoms with E-state index in [2.05, 4.69) is 10.4 Å². The summed E-state index contributed by atoms with van der Waals surface area (Å²) in [5.74, 6) is -1.45. The molecule has 180 valence electrons. The van der Waals surface area contributed by atoms with Gasteiger partial charge >= 0.3 is 11.9 Å². The van der Waals surface area contributed by atoms with Gasteiger partial charge in [0.05, 0.1) is 17.8 Å². The van der Waals surface area contributed by atoms with E-state index in [-0.39, 0.29) is 24.3 Å². The summed E-state index contributed by atoms with van der Waals surface area (Å²) in [7, 11) is 3.56. The second kappa shape index (κ2) is 10.00. The second-order valence-corrected chi connectivity index (χ2v) is 7.67. The molecule has 1 amide bonds. The van der Waals surface area contributed by atoms with E-state index in [0.29, 0.717) is 15.8 Å². The molecule has 2 aromatic carbocycles. The Labute approximate surface area is 191 Å². The van der Waals surface area contributed by atoms with Crippen LogP contribution in [-0.4, -0.2) is 52.3 Å². The number of rotatable bonds is 7. The Kier molecular flexibility index (Phi) is 7.30. The standard InChI is InChI=1S/C22H21F4N5O3/c1-29(2)11-10-27-19(32)18-20(33)30(13-14-4-3-5-16(23)12-14)21(34)31(28-18)17-8-6-15(7-9-17)22(24,25)26/h3-9,12H,10-11,13H2,1-2H3,(H,27,32). The lowest BCUT2D eigenvalue weighted by atomic mass is 10.2. The minimum Gasteiger partial charge on any atom is -0.349 e. The number of halogens is 4. The summed E-state index contributed by atoms with van der Waals surface area (Å²) >= 11 is 0. The van der Waals surface area contributed by atoms with Crippen molar-refractivity contribution in [1.29, 1.82) is 0 Å². The molecule has 0 saturated carbocycles. The predicted molar refractivity (Wildman–Crippen MR) is 115 cm³/mol. The Morgan fingerprint density at radius 2 is 1.76 bits per heavy atom. The molecule has 0 radical (unpaired) electrons. The van der Waals surface area contributed by atoms with Crippen molar-refractivity contribution in [3.8, 4) is 5.69 Å². The largest absolute Gasteiger partial charge is 0.416 e. The number of hydrogen-bond donors (Lipinski definition) is 1. The Bertz CT molecular complexity index is 1300. The Morgan fingerprint density at radius 3 is 2.35 bits per heavy atom. The van der Waals surface area contributed by atoms with Gasteiger partial charge in [0.2, 0.25) is 5.69 Å². The van der Waals surface area contributed by atoms with Gasteiger partial charge in [-0.1, -0.05) is 12.1 Å². The quantitative estimate of drug-likeness (QED) is 0.523. The molecule has 8 nitrogen and oxygen atoms in total. The molecule has 1 aromatic heterocycles. The molecule has 3 aromatic rings. The molecule has 0 aliphatic heterocycles. The van der Waals surface area contributed by atoms with Crippen molar-refractivity contribution in [1.82, 2.24) is 24.6 Å². The lowest BCUT2D eigenvalue weighted by molar-refractivity contribution is -0.137. The lowest BCUT2D eigenvalue weighted by Crippen LogP contribution is -2.46. The zero-order valence-corrected chi connectivity index (χ0v) is 18.3. The summed E-state index contributed by atoms with van der Waals surface area (Å²) < 4.78 is 53.7. The topological polar surface area (TPSA) is 89.2 Å². The van der Waals surface area contributed by atoms with E-state index in [4.69, 9.17) is 0 Å². The maximum absolute atomic E-state index is 13.6. The molecule has 0 aliphatic rings. The van der Waals surface area contributed by atoms with Crippen LogP contribution in [0.5, 0.6) is 0 Å². The van der Waals surface area contributed by atoms with Gasteiger partial charge in [-0.25, -0.2) is 9.18 Å². The maximum atomic E-state index is 13.6. The van der Waals surface area contributed by atoms with Crippen LogP contribution in [0.25, 0.3) is 5.69 Å². The molecule has 3 rings (SSSR count). The smallest absolute Gasteiger partial charge is 0.349 e.